The van der Waals surface area contributed by atoms with Gasteiger partial charge in [-0.05, 0) is 37.8 Å². The molecule has 0 heterocycles. The third kappa shape index (κ3) is 4.81. The molecule has 0 saturated heterocycles. The Kier molecular flexibility index (Phi) is 7.88. The van der Waals surface area contributed by atoms with Crippen LogP contribution in [0.3, 0.4) is 0 Å². The normalized spacial score (nSPS) is 11.7. The minimum atomic E-state index is -2.71. The number of rotatable bonds is 10. The van der Waals surface area contributed by atoms with Crippen molar-refractivity contribution in [1.82, 2.24) is 0 Å². The first-order valence-corrected chi connectivity index (χ1v) is 11.4. The maximum absolute atomic E-state index is 6.67. The predicted molar refractivity (Wildman–Crippen MR) is 109 cm³/mol. The van der Waals surface area contributed by atoms with Crippen LogP contribution in [-0.2, 0) is 8.85 Å². The van der Waals surface area contributed by atoms with Crippen LogP contribution in [0.4, 0.5) is 0 Å². The van der Waals surface area contributed by atoms with E-state index in [2.05, 4.69) is 76.2 Å². The molecule has 2 rings (SSSR count). The van der Waals surface area contributed by atoms with Gasteiger partial charge < -0.3 is 8.85 Å². The molecule has 0 aliphatic heterocycles. The van der Waals surface area contributed by atoms with Crippen molar-refractivity contribution >= 4 is 18.9 Å². The molecule has 0 aromatic heterocycles. The molecule has 0 aliphatic carbocycles. The zero-order chi connectivity index (χ0) is 18.1. The molecular formula is C22H32O2Si. The third-order valence-corrected chi connectivity index (χ3v) is 8.37. The highest BCUT2D eigenvalue weighted by Gasteiger charge is 2.44. The summed E-state index contributed by atoms with van der Waals surface area (Å²) in [5.41, 5.74) is 2.51. The fourth-order valence-electron chi connectivity index (χ4n) is 3.10. The molecule has 2 aromatic rings. The zero-order valence-corrected chi connectivity index (χ0v) is 17.2. The Bertz CT molecular complexity index is 596. The van der Waals surface area contributed by atoms with Crippen molar-refractivity contribution in [3.63, 3.8) is 0 Å². The predicted octanol–water partition coefficient (Wildman–Crippen LogP) is 4.49. The lowest BCUT2D eigenvalue weighted by atomic mass is 10.2. The third-order valence-electron chi connectivity index (χ3n) is 4.61. The molecule has 2 nitrogen and oxygen atoms in total. The van der Waals surface area contributed by atoms with Gasteiger partial charge in [-0.2, -0.15) is 0 Å². The molecule has 0 unspecified atom stereocenters. The average molecular weight is 357 g/mol. The van der Waals surface area contributed by atoms with Crippen LogP contribution < -0.4 is 10.4 Å². The van der Waals surface area contributed by atoms with E-state index in [1.54, 1.807) is 0 Å². The van der Waals surface area contributed by atoms with E-state index in [0.29, 0.717) is 0 Å². The Balaban J connectivity index is 2.56. The SMILES string of the molecule is CCCCO[Si](OCCCC)(c1ccccc1C)c1ccccc1C. The Morgan fingerprint density at radius 1 is 0.680 bits per heavy atom. The Hall–Kier alpha value is -1.42. The van der Waals surface area contributed by atoms with Gasteiger partial charge in [0.05, 0.1) is 0 Å². The van der Waals surface area contributed by atoms with E-state index >= 15 is 0 Å². The van der Waals surface area contributed by atoms with Crippen LogP contribution in [0.2, 0.25) is 0 Å². The molecular weight excluding hydrogens is 324 g/mol. The van der Waals surface area contributed by atoms with Gasteiger partial charge in [0.1, 0.15) is 0 Å². The summed E-state index contributed by atoms with van der Waals surface area (Å²) in [5, 5.41) is 2.49. The average Bonchev–Trinajstić information content (AvgIpc) is 2.62. The van der Waals surface area contributed by atoms with Crippen LogP contribution in [0.25, 0.3) is 0 Å². The smallest absolute Gasteiger partial charge is 0.388 e. The molecule has 0 amide bonds. The maximum atomic E-state index is 6.67. The van der Waals surface area contributed by atoms with Crippen molar-refractivity contribution in [2.24, 2.45) is 0 Å². The molecule has 0 radical (unpaired) electrons. The zero-order valence-electron chi connectivity index (χ0n) is 16.2. The summed E-state index contributed by atoms with van der Waals surface area (Å²) in [6, 6.07) is 17.1. The quantitative estimate of drug-likeness (QED) is 0.461. The number of hydrogen-bond donors (Lipinski definition) is 0. The Morgan fingerprint density at radius 3 is 1.44 bits per heavy atom. The monoisotopic (exact) mass is 356 g/mol. The second-order valence-corrected chi connectivity index (χ2v) is 9.54. The first-order chi connectivity index (χ1) is 12.2. The van der Waals surface area contributed by atoms with Crippen molar-refractivity contribution in [2.45, 2.75) is 53.4 Å². The molecule has 0 fully saturated rings. The first kappa shape index (κ1) is 19.9. The van der Waals surface area contributed by atoms with E-state index in [0.717, 1.165) is 38.9 Å². The Morgan fingerprint density at radius 2 is 1.08 bits per heavy atom. The molecule has 2 aromatic carbocycles. The molecule has 0 N–H and O–H groups in total. The molecule has 3 heteroatoms. The van der Waals surface area contributed by atoms with Gasteiger partial charge in [0.2, 0.25) is 0 Å². The van der Waals surface area contributed by atoms with Gasteiger partial charge in [0.15, 0.2) is 0 Å². The summed E-state index contributed by atoms with van der Waals surface area (Å²) < 4.78 is 13.3. The van der Waals surface area contributed by atoms with Crippen molar-refractivity contribution in [3.05, 3.63) is 59.7 Å². The summed E-state index contributed by atoms with van der Waals surface area (Å²) in [6.07, 6.45) is 4.37. The lowest BCUT2D eigenvalue weighted by molar-refractivity contribution is 0.186. The molecule has 0 spiro atoms. The number of unbranched alkanes of at least 4 members (excludes halogenated alkanes) is 2. The van der Waals surface area contributed by atoms with Crippen molar-refractivity contribution in [3.8, 4) is 0 Å². The molecule has 25 heavy (non-hydrogen) atoms. The number of benzene rings is 2. The Labute approximate surface area is 154 Å². The van der Waals surface area contributed by atoms with Gasteiger partial charge in [-0.15, -0.1) is 0 Å². The van der Waals surface area contributed by atoms with Crippen molar-refractivity contribution in [2.75, 3.05) is 13.2 Å². The van der Waals surface area contributed by atoms with E-state index < -0.39 is 8.56 Å². The largest absolute Gasteiger partial charge is 0.407 e. The molecule has 0 saturated carbocycles. The fourth-order valence-corrected chi connectivity index (χ4v) is 6.80. The van der Waals surface area contributed by atoms with Crippen LogP contribution >= 0.6 is 0 Å². The number of hydrogen-bond acceptors (Lipinski definition) is 2. The standard InChI is InChI=1S/C22H32O2Si/c1-5-7-17-23-25(24-18-8-6-2,21-15-11-9-13-19(21)3)22-16-12-10-14-20(22)4/h9-16H,5-8,17-18H2,1-4H3. The summed E-state index contributed by atoms with van der Waals surface area (Å²) in [5.74, 6) is 0. The highest BCUT2D eigenvalue weighted by molar-refractivity contribution is 6.93. The van der Waals surface area contributed by atoms with Gasteiger partial charge in [-0.1, -0.05) is 75.2 Å². The van der Waals surface area contributed by atoms with Gasteiger partial charge in [0.25, 0.3) is 0 Å². The van der Waals surface area contributed by atoms with E-state index in [-0.39, 0.29) is 0 Å². The van der Waals surface area contributed by atoms with E-state index in [1.807, 2.05) is 0 Å². The van der Waals surface area contributed by atoms with Gasteiger partial charge in [-0.3, -0.25) is 0 Å². The van der Waals surface area contributed by atoms with E-state index in [9.17, 15) is 0 Å². The molecule has 0 bridgehead atoms. The highest BCUT2D eigenvalue weighted by atomic mass is 28.4. The maximum Gasteiger partial charge on any atom is 0.407 e. The highest BCUT2D eigenvalue weighted by Crippen LogP contribution is 2.16. The molecule has 136 valence electrons. The van der Waals surface area contributed by atoms with Crippen LogP contribution in [0, 0.1) is 13.8 Å². The minimum Gasteiger partial charge on any atom is -0.388 e. The van der Waals surface area contributed by atoms with Crippen molar-refractivity contribution < 1.29 is 8.85 Å². The summed E-state index contributed by atoms with van der Waals surface area (Å²) >= 11 is 0. The topological polar surface area (TPSA) is 18.5 Å². The first-order valence-electron chi connectivity index (χ1n) is 9.55. The summed E-state index contributed by atoms with van der Waals surface area (Å²) in [7, 11) is -2.71. The van der Waals surface area contributed by atoms with E-state index in [4.69, 9.17) is 8.85 Å². The summed E-state index contributed by atoms with van der Waals surface area (Å²) in [4.78, 5) is 0. The van der Waals surface area contributed by atoms with Crippen LogP contribution in [0.5, 0.6) is 0 Å². The second kappa shape index (κ2) is 9.90. The van der Waals surface area contributed by atoms with Gasteiger partial charge in [-0.25, -0.2) is 0 Å². The van der Waals surface area contributed by atoms with E-state index in [1.165, 1.54) is 21.5 Å². The van der Waals surface area contributed by atoms with Crippen LogP contribution in [-0.4, -0.2) is 21.8 Å². The fraction of sp³-hybridized carbons (Fsp3) is 0.455. The lowest BCUT2D eigenvalue weighted by Gasteiger charge is -2.33. The lowest BCUT2D eigenvalue weighted by Crippen LogP contribution is -2.65. The van der Waals surface area contributed by atoms with Crippen LogP contribution in [0.15, 0.2) is 48.5 Å². The van der Waals surface area contributed by atoms with Gasteiger partial charge >= 0.3 is 8.56 Å². The number of aryl methyl sites for hydroxylation is 2. The van der Waals surface area contributed by atoms with Crippen LogP contribution in [0.1, 0.15) is 50.7 Å². The summed E-state index contributed by atoms with van der Waals surface area (Å²) in [6.45, 7) is 10.2. The minimum absolute atomic E-state index is 0.748. The van der Waals surface area contributed by atoms with Gasteiger partial charge in [0, 0.05) is 23.6 Å². The second-order valence-electron chi connectivity index (χ2n) is 6.65. The molecule has 0 atom stereocenters. The van der Waals surface area contributed by atoms with Crippen molar-refractivity contribution in [1.29, 1.82) is 0 Å². The molecule has 0 aliphatic rings.